The number of benzene rings is 1. The topological polar surface area (TPSA) is 59.4 Å². The molecular weight excluding hydrogens is 340 g/mol. The minimum atomic E-state index is 0.0852. The lowest BCUT2D eigenvalue weighted by atomic mass is 9.94. The maximum absolute atomic E-state index is 12.8. The summed E-state index contributed by atoms with van der Waals surface area (Å²) >= 11 is 0. The summed E-state index contributed by atoms with van der Waals surface area (Å²) in [5, 5.41) is 3.17. The van der Waals surface area contributed by atoms with Gasteiger partial charge in [-0.15, -0.1) is 0 Å². The second-order valence-corrected chi connectivity index (χ2v) is 7.49. The molecule has 2 aromatic rings. The van der Waals surface area contributed by atoms with E-state index in [9.17, 15) is 4.79 Å². The molecule has 4 rings (SSSR count). The summed E-state index contributed by atoms with van der Waals surface area (Å²) in [6.45, 7) is 4.23. The molecule has 1 atom stereocenters. The Morgan fingerprint density at radius 3 is 2.89 bits per heavy atom. The molecule has 1 amide bonds. The third kappa shape index (κ3) is 4.39. The zero-order valence-electron chi connectivity index (χ0n) is 15.7. The quantitative estimate of drug-likeness (QED) is 0.880. The molecule has 1 aromatic heterocycles. The van der Waals surface area contributed by atoms with Crippen LogP contribution in [0.3, 0.4) is 0 Å². The Hall–Kier alpha value is -2.18. The number of ether oxygens (including phenoxy) is 1. The van der Waals surface area contributed by atoms with Crippen molar-refractivity contribution in [3.05, 3.63) is 48.5 Å². The number of rotatable bonds is 5. The average Bonchev–Trinajstić information content (AvgIpc) is 3.28. The molecule has 2 fully saturated rings. The fraction of sp³-hybridized carbons (Fsp3) is 0.524. The van der Waals surface area contributed by atoms with Crippen LogP contribution in [0.15, 0.2) is 43.0 Å². The number of nitrogens with zero attached hydrogens (tertiary/aromatic N) is 3. The molecule has 0 aliphatic carbocycles. The number of hydrogen-bond donors (Lipinski definition) is 1. The monoisotopic (exact) mass is 368 g/mol. The van der Waals surface area contributed by atoms with Crippen LogP contribution in [0, 0.1) is 5.92 Å². The molecule has 6 nitrogen and oxygen atoms in total. The zero-order chi connectivity index (χ0) is 18.5. The van der Waals surface area contributed by atoms with Crippen LogP contribution in [0.25, 0.3) is 5.69 Å². The van der Waals surface area contributed by atoms with Crippen LogP contribution in [-0.4, -0.2) is 52.7 Å². The number of piperidine rings is 1. The third-order valence-electron chi connectivity index (χ3n) is 5.76. The lowest BCUT2D eigenvalue weighted by molar-refractivity contribution is -0.127. The normalized spacial score (nSPS) is 21.9. The highest BCUT2D eigenvalue weighted by Crippen LogP contribution is 2.23. The summed E-state index contributed by atoms with van der Waals surface area (Å²) in [4.78, 5) is 19.4. The van der Waals surface area contributed by atoms with E-state index in [1.165, 1.54) is 0 Å². The van der Waals surface area contributed by atoms with E-state index >= 15 is 0 Å². The van der Waals surface area contributed by atoms with E-state index in [-0.39, 0.29) is 11.8 Å². The summed E-state index contributed by atoms with van der Waals surface area (Å²) in [7, 11) is 0. The molecule has 2 aliphatic rings. The highest BCUT2D eigenvalue weighted by molar-refractivity contribution is 5.79. The minimum Gasteiger partial charge on any atom is -0.381 e. The molecule has 2 saturated heterocycles. The predicted molar refractivity (Wildman–Crippen MR) is 104 cm³/mol. The average molecular weight is 368 g/mol. The maximum Gasteiger partial charge on any atom is 0.224 e. The van der Waals surface area contributed by atoms with Crippen molar-refractivity contribution in [2.24, 2.45) is 5.92 Å². The van der Waals surface area contributed by atoms with Crippen molar-refractivity contribution in [2.45, 2.75) is 38.3 Å². The molecule has 0 spiro atoms. The van der Waals surface area contributed by atoms with Gasteiger partial charge in [-0.1, -0.05) is 18.2 Å². The van der Waals surface area contributed by atoms with E-state index in [1.807, 2.05) is 22.9 Å². The van der Waals surface area contributed by atoms with Gasteiger partial charge in [0, 0.05) is 44.7 Å². The molecule has 0 unspecified atom stereocenters. The Kier molecular flexibility index (Phi) is 5.84. The van der Waals surface area contributed by atoms with Crippen molar-refractivity contribution < 1.29 is 9.53 Å². The van der Waals surface area contributed by atoms with Gasteiger partial charge in [0.2, 0.25) is 5.91 Å². The number of amides is 1. The fourth-order valence-corrected chi connectivity index (χ4v) is 4.24. The number of para-hydroxylation sites is 1. The van der Waals surface area contributed by atoms with Crippen LogP contribution < -0.4 is 5.32 Å². The van der Waals surface area contributed by atoms with E-state index in [2.05, 4.69) is 27.3 Å². The molecule has 3 heterocycles. The van der Waals surface area contributed by atoms with Crippen LogP contribution in [0.1, 0.15) is 31.2 Å². The zero-order valence-corrected chi connectivity index (χ0v) is 15.7. The van der Waals surface area contributed by atoms with E-state index < -0.39 is 0 Å². The van der Waals surface area contributed by atoms with Crippen molar-refractivity contribution in [2.75, 3.05) is 26.3 Å². The number of carbonyl (C=O) groups is 1. The molecular formula is C21H28N4O2. The van der Waals surface area contributed by atoms with Gasteiger partial charge >= 0.3 is 0 Å². The molecule has 27 heavy (non-hydrogen) atoms. The maximum atomic E-state index is 12.8. The Morgan fingerprint density at radius 1 is 1.22 bits per heavy atom. The lowest BCUT2D eigenvalue weighted by Crippen LogP contribution is -2.48. The van der Waals surface area contributed by atoms with E-state index in [0.717, 1.165) is 63.2 Å². The Morgan fingerprint density at radius 2 is 2.07 bits per heavy atom. The van der Waals surface area contributed by atoms with E-state index in [4.69, 9.17) is 4.74 Å². The van der Waals surface area contributed by atoms with Gasteiger partial charge in [0.15, 0.2) is 0 Å². The van der Waals surface area contributed by atoms with Crippen molar-refractivity contribution in [1.29, 1.82) is 0 Å². The van der Waals surface area contributed by atoms with Crippen molar-refractivity contribution >= 4 is 5.91 Å². The first-order valence-corrected chi connectivity index (χ1v) is 9.97. The van der Waals surface area contributed by atoms with Gasteiger partial charge < -0.3 is 14.6 Å². The third-order valence-corrected chi connectivity index (χ3v) is 5.76. The van der Waals surface area contributed by atoms with Gasteiger partial charge in [0.25, 0.3) is 0 Å². The van der Waals surface area contributed by atoms with Gasteiger partial charge in [-0.2, -0.15) is 0 Å². The highest BCUT2D eigenvalue weighted by atomic mass is 16.5. The molecule has 1 N–H and O–H groups in total. The number of hydrogen-bond acceptors (Lipinski definition) is 4. The summed E-state index contributed by atoms with van der Waals surface area (Å²) in [5.41, 5.74) is 2.16. The lowest BCUT2D eigenvalue weighted by Gasteiger charge is -2.39. The molecule has 2 aliphatic heterocycles. The Balaban J connectivity index is 1.36. The predicted octanol–water partition coefficient (Wildman–Crippen LogP) is 2.38. The summed E-state index contributed by atoms with van der Waals surface area (Å²) < 4.78 is 7.46. The van der Waals surface area contributed by atoms with Crippen LogP contribution in [0.4, 0.5) is 0 Å². The first-order chi connectivity index (χ1) is 13.3. The SMILES string of the molecule is O=C(NCc1ccccc1-n1ccnc1)[C@@H]1CCCN(C2CCOCC2)C1. The van der Waals surface area contributed by atoms with Crippen LogP contribution in [-0.2, 0) is 16.1 Å². The van der Waals surface area contributed by atoms with Crippen LogP contribution >= 0.6 is 0 Å². The second-order valence-electron chi connectivity index (χ2n) is 7.49. The number of carbonyl (C=O) groups excluding carboxylic acids is 1. The molecule has 0 bridgehead atoms. The van der Waals surface area contributed by atoms with Gasteiger partial charge in [0.1, 0.15) is 0 Å². The van der Waals surface area contributed by atoms with Gasteiger partial charge in [-0.25, -0.2) is 4.98 Å². The molecule has 1 aromatic carbocycles. The summed E-state index contributed by atoms with van der Waals surface area (Å²) in [6, 6.07) is 8.71. The minimum absolute atomic E-state index is 0.0852. The van der Waals surface area contributed by atoms with Crippen molar-refractivity contribution in [1.82, 2.24) is 19.8 Å². The number of aromatic nitrogens is 2. The van der Waals surface area contributed by atoms with E-state index in [0.29, 0.717) is 12.6 Å². The van der Waals surface area contributed by atoms with Crippen molar-refractivity contribution in [3.8, 4) is 5.69 Å². The number of likely N-dealkylation sites (tertiary alicyclic amines) is 1. The second kappa shape index (κ2) is 8.67. The smallest absolute Gasteiger partial charge is 0.224 e. The first kappa shape index (κ1) is 18.2. The Labute approximate surface area is 160 Å². The first-order valence-electron chi connectivity index (χ1n) is 9.97. The number of nitrogens with one attached hydrogen (secondary N) is 1. The Bertz CT molecular complexity index is 740. The van der Waals surface area contributed by atoms with E-state index in [1.54, 1.807) is 12.5 Å². The fourth-order valence-electron chi connectivity index (χ4n) is 4.24. The van der Waals surface area contributed by atoms with Gasteiger partial charge in [-0.3, -0.25) is 9.69 Å². The summed E-state index contributed by atoms with van der Waals surface area (Å²) in [5.74, 6) is 0.259. The largest absolute Gasteiger partial charge is 0.381 e. The number of imidazole rings is 1. The van der Waals surface area contributed by atoms with Gasteiger partial charge in [0.05, 0.1) is 17.9 Å². The van der Waals surface area contributed by atoms with Crippen molar-refractivity contribution in [3.63, 3.8) is 0 Å². The van der Waals surface area contributed by atoms with Crippen LogP contribution in [0.5, 0.6) is 0 Å². The summed E-state index contributed by atoms with van der Waals surface area (Å²) in [6.07, 6.45) is 9.73. The molecule has 6 heteroatoms. The molecule has 0 radical (unpaired) electrons. The standard InChI is InChI=1S/C21H28N4O2/c26-21(18-5-3-10-24(15-18)19-7-12-27-13-8-19)23-14-17-4-1-2-6-20(17)25-11-9-22-16-25/h1-2,4,6,9,11,16,18-19H,3,5,7-8,10,12-15H2,(H,23,26)/t18-/m1/s1. The molecule has 0 saturated carbocycles. The van der Waals surface area contributed by atoms with Gasteiger partial charge in [-0.05, 0) is 43.9 Å². The molecule has 144 valence electrons. The highest BCUT2D eigenvalue weighted by Gasteiger charge is 2.30. The van der Waals surface area contributed by atoms with Crippen LogP contribution in [0.2, 0.25) is 0 Å².